The molecule has 11 heteroatoms. The fraction of sp³-hybridized carbons (Fsp3) is 0.778. The van der Waals surface area contributed by atoms with Gasteiger partial charge in [0.2, 0.25) is 0 Å². The molecule has 0 spiro atoms. The summed E-state index contributed by atoms with van der Waals surface area (Å²) < 4.78 is 35.0. The maximum atomic E-state index is 13.0. The van der Waals surface area contributed by atoms with Crippen molar-refractivity contribution in [2.45, 2.75) is 203 Å². The Morgan fingerprint density at radius 1 is 0.708 bits per heavy atom. The number of hydrogen-bond acceptors (Lipinski definition) is 11. The van der Waals surface area contributed by atoms with Gasteiger partial charge in [-0.05, 0) is 140 Å². The summed E-state index contributed by atoms with van der Waals surface area (Å²) in [6, 6.07) is 0. The van der Waals surface area contributed by atoms with E-state index in [-0.39, 0.29) is 79.1 Å². The summed E-state index contributed by atoms with van der Waals surface area (Å²) in [4.78, 5) is 49.4. The second-order valence-corrected chi connectivity index (χ2v) is 22.2. The molecular formula is C54H84O11. The van der Waals surface area contributed by atoms with Gasteiger partial charge in [0.25, 0.3) is 0 Å². The lowest BCUT2D eigenvalue weighted by Crippen LogP contribution is -2.46. The zero-order chi connectivity index (χ0) is 48.0. The van der Waals surface area contributed by atoms with Crippen LogP contribution in [-0.2, 0) is 47.6 Å². The van der Waals surface area contributed by atoms with Crippen LogP contribution in [0, 0.1) is 58.2 Å². The molecule has 0 aromatic heterocycles. The molecular weight excluding hydrogens is 825 g/mol. The molecule has 0 radical (unpaired) electrons. The Hall–Kier alpha value is -3.28. The third-order valence-electron chi connectivity index (χ3n) is 15.5. The van der Waals surface area contributed by atoms with Gasteiger partial charge in [-0.1, -0.05) is 78.0 Å². The van der Waals surface area contributed by atoms with E-state index in [0.29, 0.717) is 48.3 Å². The van der Waals surface area contributed by atoms with Crippen molar-refractivity contribution in [2.75, 3.05) is 7.11 Å². The number of cyclic esters (lactones) is 1. The van der Waals surface area contributed by atoms with E-state index >= 15 is 0 Å². The molecule has 0 bridgehead atoms. The molecule has 65 heavy (non-hydrogen) atoms. The molecule has 2 heterocycles. The quantitative estimate of drug-likeness (QED) is 0.131. The Labute approximate surface area is 390 Å². The summed E-state index contributed by atoms with van der Waals surface area (Å²) in [6.07, 6.45) is 20.5. The lowest BCUT2D eigenvalue weighted by Gasteiger charge is -2.45. The zero-order valence-electron chi connectivity index (χ0n) is 42.1. The Kier molecular flexibility index (Phi) is 18.0. The van der Waals surface area contributed by atoms with Crippen LogP contribution in [-0.4, -0.2) is 78.5 Å². The van der Waals surface area contributed by atoms with Crippen LogP contribution in [0.25, 0.3) is 0 Å². The molecule has 6 aliphatic rings. The summed E-state index contributed by atoms with van der Waals surface area (Å²) in [5.41, 5.74) is 1.61. The normalized spacial score (nSPS) is 35.4. The van der Waals surface area contributed by atoms with E-state index in [2.05, 4.69) is 64.2 Å². The molecule has 2 fully saturated rings. The van der Waals surface area contributed by atoms with E-state index in [1.54, 1.807) is 0 Å². The first-order chi connectivity index (χ1) is 30.4. The van der Waals surface area contributed by atoms with Crippen molar-refractivity contribution in [1.29, 1.82) is 0 Å². The van der Waals surface area contributed by atoms with Gasteiger partial charge in [-0.15, -0.1) is 0 Å². The number of esters is 4. The van der Waals surface area contributed by atoms with Gasteiger partial charge in [-0.25, -0.2) is 0 Å². The number of carbonyl (C=O) groups is 4. The van der Waals surface area contributed by atoms with Crippen LogP contribution in [0.4, 0.5) is 0 Å². The van der Waals surface area contributed by atoms with Crippen LogP contribution in [0.1, 0.15) is 160 Å². The van der Waals surface area contributed by atoms with E-state index in [4.69, 9.17) is 28.4 Å². The highest BCUT2D eigenvalue weighted by Gasteiger charge is 2.46. The van der Waals surface area contributed by atoms with Crippen LogP contribution < -0.4 is 0 Å². The Morgan fingerprint density at radius 2 is 1.17 bits per heavy atom. The van der Waals surface area contributed by atoms with Crippen LogP contribution in [0.5, 0.6) is 0 Å². The number of ether oxygens (including phenoxy) is 6. The summed E-state index contributed by atoms with van der Waals surface area (Å²) in [5.74, 6) is 0.984. The van der Waals surface area contributed by atoms with Gasteiger partial charge in [0.1, 0.15) is 18.3 Å². The summed E-state index contributed by atoms with van der Waals surface area (Å²) in [6.45, 7) is 24.6. The lowest BCUT2D eigenvalue weighted by molar-refractivity contribution is -0.301. The minimum atomic E-state index is -0.741. The molecule has 366 valence electrons. The molecule has 0 saturated carbocycles. The number of fused-ring (bicyclic) bond motifs is 2. The van der Waals surface area contributed by atoms with Crippen molar-refractivity contribution in [3.05, 3.63) is 47.6 Å². The SMILES string of the molecule is CCC(C)(C)C(=O)O[C@H]1C[C@@H](C)C=C2C=C[C@H](C)[C@H](CC[C@@H]3C[C@H](CC(=O)OC)OC(C)(C)O3)C21.CCC(C)(C)C(=O)O[C@H]1C[C@@H](C)C=C2C=C[C@H](C)[C@H](CC[C@@H]3C[C@H](O)CC(=O)O3)C21. The first-order valence-corrected chi connectivity index (χ1v) is 25.0. The average molecular weight is 909 g/mol. The van der Waals surface area contributed by atoms with Crippen molar-refractivity contribution >= 4 is 23.9 Å². The Balaban J connectivity index is 0.000000247. The highest BCUT2D eigenvalue weighted by molar-refractivity contribution is 5.76. The molecule has 0 aromatic carbocycles. The standard InChI is InChI=1S/C29H46O6.C25H38O5/c1-9-28(4,5)27(31)33-24-15-18(2)14-20-11-10-19(3)23(26(20)24)13-12-21-16-22(17-25(30)32-8)35-29(6,7)34-21;1-6-25(4,5)24(28)30-21-12-15(2)11-17-8-7-16(3)20(23(17)21)10-9-19-13-18(26)14-22(27)29-19/h10-11,14,18-19,21-24,26H,9,12-13,15-17H2,1-8H3;7-8,11,15-16,18-21,23,26H,6,9-10,12-14H2,1-5H3/t18-,19-,21+,22+,23-,24-,26?;15-,16-,18-,19+,20-,21-,23?/m00/s1. The van der Waals surface area contributed by atoms with Crippen LogP contribution in [0.15, 0.2) is 47.6 Å². The summed E-state index contributed by atoms with van der Waals surface area (Å²) in [5, 5.41) is 9.92. The maximum Gasteiger partial charge on any atom is 0.311 e. The van der Waals surface area contributed by atoms with Crippen molar-refractivity contribution in [3.63, 3.8) is 0 Å². The fourth-order valence-corrected chi connectivity index (χ4v) is 10.9. The third kappa shape index (κ3) is 13.9. The van der Waals surface area contributed by atoms with Gasteiger partial charge in [0, 0.05) is 24.7 Å². The molecule has 2 unspecified atom stereocenters. The maximum absolute atomic E-state index is 13.0. The first-order valence-electron chi connectivity index (χ1n) is 25.0. The van der Waals surface area contributed by atoms with Crippen molar-refractivity contribution in [3.8, 4) is 0 Å². The second-order valence-electron chi connectivity index (χ2n) is 22.2. The van der Waals surface area contributed by atoms with E-state index < -0.39 is 22.7 Å². The fourth-order valence-electron chi connectivity index (χ4n) is 10.9. The minimum Gasteiger partial charge on any atom is -0.469 e. The van der Waals surface area contributed by atoms with E-state index in [1.807, 2.05) is 55.4 Å². The second kappa shape index (κ2) is 22.2. The molecule has 0 aromatic rings. The highest BCUT2D eigenvalue weighted by atomic mass is 16.7. The highest BCUT2D eigenvalue weighted by Crippen LogP contribution is 2.48. The van der Waals surface area contributed by atoms with Gasteiger partial charge in [0.05, 0.1) is 49.1 Å². The number of carbonyl (C=O) groups excluding carboxylic acids is 4. The van der Waals surface area contributed by atoms with E-state index in [1.165, 1.54) is 18.3 Å². The molecule has 1 N–H and O–H groups in total. The smallest absolute Gasteiger partial charge is 0.311 e. The van der Waals surface area contributed by atoms with Crippen molar-refractivity contribution < 1.29 is 52.7 Å². The summed E-state index contributed by atoms with van der Waals surface area (Å²) >= 11 is 0. The number of aliphatic hydroxyl groups excluding tert-OH is 1. The summed E-state index contributed by atoms with van der Waals surface area (Å²) in [7, 11) is 1.41. The molecule has 2 saturated heterocycles. The number of methoxy groups -OCH3 is 1. The predicted octanol–water partition coefficient (Wildman–Crippen LogP) is 10.6. The molecule has 6 rings (SSSR count). The Bertz CT molecular complexity index is 1790. The Morgan fingerprint density at radius 3 is 1.62 bits per heavy atom. The molecule has 0 amide bonds. The largest absolute Gasteiger partial charge is 0.469 e. The predicted molar refractivity (Wildman–Crippen MR) is 251 cm³/mol. The number of rotatable bonds is 14. The lowest BCUT2D eigenvalue weighted by atomic mass is 9.65. The van der Waals surface area contributed by atoms with Crippen LogP contribution >= 0.6 is 0 Å². The number of allylic oxidation sites excluding steroid dienone is 6. The molecule has 2 aliphatic heterocycles. The number of hydrogen-bond donors (Lipinski definition) is 1. The van der Waals surface area contributed by atoms with Crippen LogP contribution in [0.3, 0.4) is 0 Å². The average Bonchev–Trinajstić information content (AvgIpc) is 3.22. The number of aliphatic hydroxyl groups is 1. The van der Waals surface area contributed by atoms with Gasteiger partial charge in [0.15, 0.2) is 5.79 Å². The zero-order valence-corrected chi connectivity index (χ0v) is 42.1. The van der Waals surface area contributed by atoms with E-state index in [0.717, 1.165) is 51.4 Å². The molecule has 4 aliphatic carbocycles. The third-order valence-corrected chi connectivity index (χ3v) is 15.5. The van der Waals surface area contributed by atoms with Gasteiger partial charge >= 0.3 is 23.9 Å². The van der Waals surface area contributed by atoms with Crippen LogP contribution in [0.2, 0.25) is 0 Å². The monoisotopic (exact) mass is 909 g/mol. The van der Waals surface area contributed by atoms with Gasteiger partial charge in [-0.2, -0.15) is 0 Å². The topological polar surface area (TPSA) is 144 Å². The van der Waals surface area contributed by atoms with Crippen molar-refractivity contribution in [1.82, 2.24) is 0 Å². The first kappa shape index (κ1) is 52.7. The molecule has 14 atom stereocenters. The van der Waals surface area contributed by atoms with Gasteiger partial charge in [-0.3, -0.25) is 19.2 Å². The molecule has 11 nitrogen and oxygen atoms in total. The van der Waals surface area contributed by atoms with E-state index in [9.17, 15) is 24.3 Å². The minimum absolute atomic E-state index is 0.00137. The van der Waals surface area contributed by atoms with Gasteiger partial charge < -0.3 is 33.5 Å². The van der Waals surface area contributed by atoms with Crippen molar-refractivity contribution in [2.24, 2.45) is 58.2 Å².